The average molecular weight is 571 g/mol. The molecule has 0 saturated heterocycles. The zero-order valence-corrected chi connectivity index (χ0v) is 25.2. The molecule has 2 aromatic carbocycles. The number of H-pyrrole nitrogens is 1. The first kappa shape index (κ1) is 33.7. The third-order valence-electron chi connectivity index (χ3n) is 6.22. The molecular weight excluding hydrogens is 527 g/mol. The number of fused-ring (bicyclic) bond motifs is 1. The molecule has 0 spiro atoms. The van der Waals surface area contributed by atoms with Gasteiger partial charge in [0.2, 0.25) is 0 Å². The van der Waals surface area contributed by atoms with Crippen molar-refractivity contribution in [3.63, 3.8) is 0 Å². The van der Waals surface area contributed by atoms with Crippen LogP contribution in [0.15, 0.2) is 97.5 Å². The van der Waals surface area contributed by atoms with Crippen molar-refractivity contribution in [1.82, 2.24) is 14.9 Å². The Balaban J connectivity index is 0.000000220. The number of nitrogens with one attached hydrogen (secondary N) is 2. The van der Waals surface area contributed by atoms with Gasteiger partial charge in [-0.3, -0.25) is 14.6 Å². The molecule has 0 atom stereocenters. The Morgan fingerprint density at radius 3 is 2.38 bits per heavy atom. The van der Waals surface area contributed by atoms with E-state index in [1.807, 2.05) is 73.7 Å². The lowest BCUT2D eigenvalue weighted by Crippen LogP contribution is -2.22. The van der Waals surface area contributed by atoms with Gasteiger partial charge in [0, 0.05) is 47.4 Å². The quantitative estimate of drug-likeness (QED) is 0.133. The number of aryl methyl sites for hydroxylation is 1. The summed E-state index contributed by atoms with van der Waals surface area (Å²) in [6, 6.07) is 20.0. The minimum Gasteiger partial charge on any atom is -0.367 e. The van der Waals surface area contributed by atoms with Crippen molar-refractivity contribution in [2.75, 3.05) is 18.9 Å². The SMILES string of the molecule is C=C(c1ccccc1)N(C)CC(C)=O.CCC/C=C(\C=O)Nc1ccc(F)cc1.CCCCc1cc2cnccc2[nH]1. The number of aromatic amines is 1. The largest absolute Gasteiger partial charge is 0.367 e. The molecule has 0 bridgehead atoms. The standard InChI is InChI=1S/C12H14FNO.C12H15NO.C11H14N2/c1-2-3-4-12(9-15)14-11-7-5-10(13)6-8-11;1-10(14)9-13(3)11(2)12-7-5-4-6-8-12;1-2-3-4-10-7-9-8-12-6-5-11(9)13-10/h4-9,14H,2-3H2,1H3;4-8H,2,9H2,1,3H3;5-8,13H,2-4H2,1H3/b12-4+;;. The van der Waals surface area contributed by atoms with Gasteiger partial charge in [-0.05, 0) is 68.1 Å². The number of nitrogens with zero attached hydrogens (tertiary/aromatic N) is 2. The molecule has 6 nitrogen and oxygen atoms in total. The van der Waals surface area contributed by atoms with Crippen molar-refractivity contribution in [2.45, 2.75) is 52.9 Å². The molecule has 0 aliphatic rings. The number of rotatable bonds is 12. The Hall–Kier alpha value is -4.52. The van der Waals surface area contributed by atoms with Gasteiger partial charge in [0.1, 0.15) is 11.6 Å². The Bertz CT molecular complexity index is 1380. The van der Waals surface area contributed by atoms with E-state index in [-0.39, 0.29) is 11.6 Å². The van der Waals surface area contributed by atoms with Crippen LogP contribution in [0.3, 0.4) is 0 Å². The lowest BCUT2D eigenvalue weighted by Gasteiger charge is -2.20. The summed E-state index contributed by atoms with van der Waals surface area (Å²) >= 11 is 0. The van der Waals surface area contributed by atoms with Crippen molar-refractivity contribution in [1.29, 1.82) is 0 Å². The molecule has 2 aromatic heterocycles. The number of hydrogen-bond acceptors (Lipinski definition) is 5. The van der Waals surface area contributed by atoms with Gasteiger partial charge in [-0.25, -0.2) is 4.39 Å². The molecular formula is C35H43FN4O2. The number of halogens is 1. The lowest BCUT2D eigenvalue weighted by molar-refractivity contribution is -0.117. The molecule has 0 unspecified atom stereocenters. The van der Waals surface area contributed by atoms with Gasteiger partial charge in [-0.2, -0.15) is 0 Å². The van der Waals surface area contributed by atoms with Crippen LogP contribution in [0.2, 0.25) is 0 Å². The van der Waals surface area contributed by atoms with E-state index in [0.717, 1.165) is 36.8 Å². The predicted molar refractivity (Wildman–Crippen MR) is 173 cm³/mol. The van der Waals surface area contributed by atoms with Gasteiger partial charge >= 0.3 is 0 Å². The van der Waals surface area contributed by atoms with E-state index in [2.05, 4.69) is 34.9 Å². The topological polar surface area (TPSA) is 78.1 Å². The van der Waals surface area contributed by atoms with E-state index in [4.69, 9.17) is 0 Å². The fourth-order valence-corrected chi connectivity index (χ4v) is 3.94. The molecule has 2 heterocycles. The maximum absolute atomic E-state index is 12.6. The number of likely N-dealkylation sites (N-methyl/N-ethyl adjacent to an activating group) is 1. The summed E-state index contributed by atoms with van der Waals surface area (Å²) in [6.07, 6.45) is 11.8. The van der Waals surface area contributed by atoms with Gasteiger partial charge < -0.3 is 15.2 Å². The molecule has 7 heteroatoms. The summed E-state index contributed by atoms with van der Waals surface area (Å²) in [4.78, 5) is 30.9. The number of benzene rings is 2. The van der Waals surface area contributed by atoms with Gasteiger partial charge in [-0.1, -0.05) is 69.7 Å². The summed E-state index contributed by atoms with van der Waals surface area (Å²) in [6.45, 7) is 10.2. The fraction of sp³-hybridized carbons (Fsp3) is 0.286. The Kier molecular flexibility index (Phi) is 15.0. The second kappa shape index (κ2) is 18.8. The number of hydrogen-bond donors (Lipinski definition) is 2. The number of aldehydes is 1. The van der Waals surface area contributed by atoms with E-state index < -0.39 is 0 Å². The summed E-state index contributed by atoms with van der Waals surface area (Å²) < 4.78 is 12.6. The van der Waals surface area contributed by atoms with Crippen LogP contribution in [-0.2, 0) is 16.0 Å². The number of pyridine rings is 1. The highest BCUT2D eigenvalue weighted by Crippen LogP contribution is 2.16. The Labute approximate surface area is 249 Å². The number of unbranched alkanes of at least 4 members (excludes halogenated alkanes) is 2. The summed E-state index contributed by atoms with van der Waals surface area (Å²) in [5.41, 5.74) is 5.68. The summed E-state index contributed by atoms with van der Waals surface area (Å²) in [7, 11) is 1.87. The summed E-state index contributed by atoms with van der Waals surface area (Å²) in [5, 5.41) is 4.13. The highest BCUT2D eigenvalue weighted by molar-refractivity contribution is 5.80. The van der Waals surface area contributed by atoms with E-state index in [1.165, 1.54) is 41.6 Å². The molecule has 0 saturated carbocycles. The number of allylic oxidation sites excluding steroid dienone is 2. The first-order valence-electron chi connectivity index (χ1n) is 14.3. The average Bonchev–Trinajstić information content (AvgIpc) is 3.42. The van der Waals surface area contributed by atoms with Crippen molar-refractivity contribution >= 4 is 34.4 Å². The molecule has 0 radical (unpaired) electrons. The van der Waals surface area contributed by atoms with E-state index in [0.29, 0.717) is 17.9 Å². The molecule has 2 N–H and O–H groups in total. The Morgan fingerprint density at radius 1 is 1.07 bits per heavy atom. The zero-order valence-electron chi connectivity index (χ0n) is 25.2. The van der Waals surface area contributed by atoms with Crippen LogP contribution in [-0.4, -0.2) is 40.5 Å². The third-order valence-corrected chi connectivity index (χ3v) is 6.22. The normalized spacial score (nSPS) is 10.5. The van der Waals surface area contributed by atoms with Crippen LogP contribution in [0.25, 0.3) is 16.6 Å². The first-order chi connectivity index (χ1) is 20.3. The fourth-order valence-electron chi connectivity index (χ4n) is 3.94. The molecule has 0 fully saturated rings. The van der Waals surface area contributed by atoms with Crippen molar-refractivity contribution in [3.8, 4) is 0 Å². The van der Waals surface area contributed by atoms with Gasteiger partial charge in [0.05, 0.1) is 12.2 Å². The lowest BCUT2D eigenvalue weighted by atomic mass is 10.1. The first-order valence-corrected chi connectivity index (χ1v) is 14.3. The maximum Gasteiger partial charge on any atom is 0.165 e. The Morgan fingerprint density at radius 2 is 1.79 bits per heavy atom. The minimum atomic E-state index is -0.286. The number of carbonyl (C=O) groups excluding carboxylic acids is 2. The van der Waals surface area contributed by atoms with Crippen LogP contribution in [0.4, 0.5) is 10.1 Å². The van der Waals surface area contributed by atoms with Gasteiger partial charge in [0.25, 0.3) is 0 Å². The van der Waals surface area contributed by atoms with Crippen molar-refractivity contribution in [3.05, 3.63) is 115 Å². The van der Waals surface area contributed by atoms with E-state index in [9.17, 15) is 14.0 Å². The minimum absolute atomic E-state index is 0.143. The molecule has 4 aromatic rings. The molecule has 0 amide bonds. The van der Waals surface area contributed by atoms with Crippen LogP contribution in [0.1, 0.15) is 57.7 Å². The van der Waals surface area contributed by atoms with Gasteiger partial charge in [-0.15, -0.1) is 0 Å². The van der Waals surface area contributed by atoms with E-state index >= 15 is 0 Å². The second-order valence-electron chi connectivity index (χ2n) is 9.93. The van der Waals surface area contributed by atoms with Crippen molar-refractivity contribution < 1.29 is 14.0 Å². The molecule has 222 valence electrons. The number of aromatic nitrogens is 2. The molecule has 4 rings (SSSR count). The van der Waals surface area contributed by atoms with Crippen LogP contribution in [0.5, 0.6) is 0 Å². The third kappa shape index (κ3) is 12.3. The van der Waals surface area contributed by atoms with E-state index in [1.54, 1.807) is 19.1 Å². The molecule has 0 aliphatic carbocycles. The smallest absolute Gasteiger partial charge is 0.165 e. The number of carbonyl (C=O) groups is 2. The molecule has 42 heavy (non-hydrogen) atoms. The maximum atomic E-state index is 12.6. The number of anilines is 1. The monoisotopic (exact) mass is 570 g/mol. The highest BCUT2D eigenvalue weighted by Gasteiger charge is 2.06. The number of ketones is 1. The van der Waals surface area contributed by atoms with Crippen LogP contribution >= 0.6 is 0 Å². The van der Waals surface area contributed by atoms with Crippen LogP contribution < -0.4 is 5.32 Å². The molecule has 0 aliphatic heterocycles. The highest BCUT2D eigenvalue weighted by atomic mass is 19.1. The summed E-state index contributed by atoms with van der Waals surface area (Å²) in [5.74, 6) is -0.143. The predicted octanol–water partition coefficient (Wildman–Crippen LogP) is 8.20. The van der Waals surface area contributed by atoms with Crippen molar-refractivity contribution in [2.24, 2.45) is 0 Å². The second-order valence-corrected chi connectivity index (χ2v) is 9.93. The van der Waals surface area contributed by atoms with Gasteiger partial charge in [0.15, 0.2) is 6.29 Å². The zero-order chi connectivity index (χ0) is 30.7. The number of Topliss-reactive ketones (excluding diaryl/α,β-unsaturated/α-hetero) is 1. The van der Waals surface area contributed by atoms with Crippen LogP contribution in [0, 0.1) is 5.82 Å².